The Morgan fingerprint density at radius 3 is 2.33 bits per heavy atom. The molecule has 4 aromatic rings. The molecule has 0 saturated carbocycles. The Balaban J connectivity index is 1.57. The van der Waals surface area contributed by atoms with Crippen LogP contribution in [0.1, 0.15) is 16.7 Å². The van der Waals surface area contributed by atoms with E-state index in [1.807, 2.05) is 54.6 Å². The Bertz CT molecular complexity index is 1180. The number of benzene rings is 4. The van der Waals surface area contributed by atoms with E-state index < -0.39 is 0 Å². The van der Waals surface area contributed by atoms with Crippen LogP contribution in [-0.4, -0.2) is 0 Å². The van der Waals surface area contributed by atoms with Crippen LogP contribution in [0.5, 0.6) is 5.75 Å². The normalized spacial score (nSPS) is 11.0. The number of rotatable bonds is 7. The van der Waals surface area contributed by atoms with Crippen molar-refractivity contribution in [2.45, 2.75) is 19.7 Å². The van der Waals surface area contributed by atoms with E-state index in [0.29, 0.717) is 29.7 Å². The summed E-state index contributed by atoms with van der Waals surface area (Å²) >= 11 is 18.6. The summed E-state index contributed by atoms with van der Waals surface area (Å²) in [5, 5.41) is 7.80. The van der Waals surface area contributed by atoms with Crippen molar-refractivity contribution in [2.75, 3.05) is 0 Å². The lowest BCUT2D eigenvalue weighted by molar-refractivity contribution is 0.303. The third-order valence-electron chi connectivity index (χ3n) is 4.97. The molecule has 0 aliphatic heterocycles. The molecule has 4 rings (SSSR count). The van der Waals surface area contributed by atoms with Gasteiger partial charge in [0.05, 0.1) is 0 Å². The van der Waals surface area contributed by atoms with Crippen molar-refractivity contribution in [1.29, 1.82) is 0 Å². The Morgan fingerprint density at radius 1 is 0.700 bits per heavy atom. The molecule has 0 aromatic heterocycles. The second-order valence-electron chi connectivity index (χ2n) is 6.98. The molecule has 0 unspecified atom stereocenters. The topological polar surface area (TPSA) is 21.3 Å². The standard InChI is InChI=1S/C25H20Cl3NO/c26-20-11-9-19(24(28)13-20)16-30-25-12-10-17-5-1-3-7-21(17)22(25)15-29-14-18-6-2-4-8-23(18)27/h1-13,29H,14-16H2. The van der Waals surface area contributed by atoms with E-state index in [4.69, 9.17) is 39.5 Å². The maximum absolute atomic E-state index is 6.31. The summed E-state index contributed by atoms with van der Waals surface area (Å²) in [6.07, 6.45) is 0. The molecule has 0 amide bonds. The van der Waals surface area contributed by atoms with Crippen LogP contribution in [0.25, 0.3) is 10.8 Å². The van der Waals surface area contributed by atoms with E-state index in [2.05, 4.69) is 23.5 Å². The van der Waals surface area contributed by atoms with Crippen molar-refractivity contribution >= 4 is 45.6 Å². The van der Waals surface area contributed by atoms with E-state index in [0.717, 1.165) is 32.8 Å². The van der Waals surface area contributed by atoms with Crippen molar-refractivity contribution in [1.82, 2.24) is 5.32 Å². The average Bonchev–Trinajstić information content (AvgIpc) is 2.75. The molecule has 152 valence electrons. The fourth-order valence-corrected chi connectivity index (χ4v) is 4.06. The average molecular weight is 457 g/mol. The van der Waals surface area contributed by atoms with Gasteiger partial charge in [-0.05, 0) is 40.6 Å². The van der Waals surface area contributed by atoms with Gasteiger partial charge in [-0.25, -0.2) is 0 Å². The van der Waals surface area contributed by atoms with Crippen LogP contribution in [0.3, 0.4) is 0 Å². The second-order valence-corrected chi connectivity index (χ2v) is 8.23. The zero-order valence-corrected chi connectivity index (χ0v) is 18.4. The van der Waals surface area contributed by atoms with Gasteiger partial charge in [-0.2, -0.15) is 0 Å². The molecule has 4 aromatic carbocycles. The smallest absolute Gasteiger partial charge is 0.124 e. The van der Waals surface area contributed by atoms with Crippen LogP contribution < -0.4 is 10.1 Å². The monoisotopic (exact) mass is 455 g/mol. The molecular formula is C25H20Cl3NO. The summed E-state index contributed by atoms with van der Waals surface area (Å²) in [5.41, 5.74) is 3.06. The van der Waals surface area contributed by atoms with Crippen molar-refractivity contribution in [3.63, 3.8) is 0 Å². The van der Waals surface area contributed by atoms with Gasteiger partial charge >= 0.3 is 0 Å². The van der Waals surface area contributed by atoms with Gasteiger partial charge in [0.2, 0.25) is 0 Å². The zero-order chi connectivity index (χ0) is 20.9. The molecule has 0 radical (unpaired) electrons. The molecular weight excluding hydrogens is 437 g/mol. The predicted octanol–water partition coefficient (Wildman–Crippen LogP) is 7.67. The molecule has 0 bridgehead atoms. The highest BCUT2D eigenvalue weighted by molar-refractivity contribution is 6.35. The van der Waals surface area contributed by atoms with Crippen LogP contribution in [0.2, 0.25) is 15.1 Å². The van der Waals surface area contributed by atoms with Gasteiger partial charge in [-0.1, -0.05) is 89.4 Å². The van der Waals surface area contributed by atoms with Crippen LogP contribution in [0.15, 0.2) is 78.9 Å². The number of halogens is 3. The minimum absolute atomic E-state index is 0.367. The molecule has 0 atom stereocenters. The van der Waals surface area contributed by atoms with E-state index in [-0.39, 0.29) is 0 Å². The maximum Gasteiger partial charge on any atom is 0.124 e. The van der Waals surface area contributed by atoms with Gasteiger partial charge in [-0.15, -0.1) is 0 Å². The summed E-state index contributed by atoms with van der Waals surface area (Å²) in [4.78, 5) is 0. The third-order valence-corrected chi connectivity index (χ3v) is 5.93. The lowest BCUT2D eigenvalue weighted by Crippen LogP contribution is -2.14. The molecule has 0 saturated heterocycles. The molecule has 0 heterocycles. The molecule has 1 N–H and O–H groups in total. The highest BCUT2D eigenvalue weighted by atomic mass is 35.5. The lowest BCUT2D eigenvalue weighted by atomic mass is 10.0. The molecule has 0 aliphatic carbocycles. The van der Waals surface area contributed by atoms with Gasteiger partial charge in [0.25, 0.3) is 0 Å². The number of hydrogen-bond donors (Lipinski definition) is 1. The summed E-state index contributed by atoms with van der Waals surface area (Å²) in [7, 11) is 0. The van der Waals surface area contributed by atoms with Crippen LogP contribution in [-0.2, 0) is 19.7 Å². The highest BCUT2D eigenvalue weighted by Crippen LogP contribution is 2.30. The molecule has 5 heteroatoms. The lowest BCUT2D eigenvalue weighted by Gasteiger charge is -2.16. The first-order valence-corrected chi connectivity index (χ1v) is 10.8. The van der Waals surface area contributed by atoms with E-state index in [1.165, 1.54) is 5.39 Å². The number of hydrogen-bond acceptors (Lipinski definition) is 2. The fourth-order valence-electron chi connectivity index (χ4n) is 3.39. The van der Waals surface area contributed by atoms with E-state index in [9.17, 15) is 0 Å². The van der Waals surface area contributed by atoms with Gasteiger partial charge in [0.1, 0.15) is 12.4 Å². The second kappa shape index (κ2) is 9.72. The number of fused-ring (bicyclic) bond motifs is 1. The first kappa shape index (κ1) is 21.0. The van der Waals surface area contributed by atoms with Gasteiger partial charge in [-0.3, -0.25) is 0 Å². The van der Waals surface area contributed by atoms with Crippen molar-refractivity contribution in [3.8, 4) is 5.75 Å². The van der Waals surface area contributed by atoms with Gasteiger partial charge in [0, 0.05) is 39.3 Å². The maximum atomic E-state index is 6.31. The molecule has 30 heavy (non-hydrogen) atoms. The Labute approximate surface area is 191 Å². The van der Waals surface area contributed by atoms with E-state index in [1.54, 1.807) is 6.07 Å². The van der Waals surface area contributed by atoms with Crippen molar-refractivity contribution < 1.29 is 4.74 Å². The quantitative estimate of drug-likeness (QED) is 0.308. The van der Waals surface area contributed by atoms with Crippen molar-refractivity contribution in [2.24, 2.45) is 0 Å². The third kappa shape index (κ3) is 4.91. The number of ether oxygens (including phenoxy) is 1. The van der Waals surface area contributed by atoms with Crippen LogP contribution in [0.4, 0.5) is 0 Å². The van der Waals surface area contributed by atoms with E-state index >= 15 is 0 Å². The fraction of sp³-hybridized carbons (Fsp3) is 0.120. The summed E-state index contributed by atoms with van der Waals surface area (Å²) in [6, 6.07) is 25.7. The first-order chi connectivity index (χ1) is 14.6. The molecule has 2 nitrogen and oxygen atoms in total. The molecule has 0 aliphatic rings. The molecule has 0 fully saturated rings. The Morgan fingerprint density at radius 2 is 1.50 bits per heavy atom. The zero-order valence-electron chi connectivity index (χ0n) is 16.2. The van der Waals surface area contributed by atoms with Crippen molar-refractivity contribution in [3.05, 3.63) is 111 Å². The Hall–Kier alpha value is -2.23. The predicted molar refractivity (Wildman–Crippen MR) is 127 cm³/mol. The largest absolute Gasteiger partial charge is 0.488 e. The minimum atomic E-state index is 0.367. The van der Waals surface area contributed by atoms with Gasteiger partial charge in [0.15, 0.2) is 0 Å². The van der Waals surface area contributed by atoms with Gasteiger partial charge < -0.3 is 10.1 Å². The summed E-state index contributed by atoms with van der Waals surface area (Å²) < 4.78 is 6.18. The summed E-state index contributed by atoms with van der Waals surface area (Å²) in [5.74, 6) is 0.825. The van der Waals surface area contributed by atoms with Crippen LogP contribution in [0, 0.1) is 0 Å². The Kier molecular flexibility index (Phi) is 6.81. The minimum Gasteiger partial charge on any atom is -0.488 e. The van der Waals surface area contributed by atoms with Crippen LogP contribution >= 0.6 is 34.8 Å². The SMILES string of the molecule is Clc1ccc(COc2ccc3ccccc3c2CNCc2ccccc2Cl)c(Cl)c1. The number of nitrogens with one attached hydrogen (secondary N) is 1. The first-order valence-electron chi connectivity index (χ1n) is 9.63. The summed E-state index contributed by atoms with van der Waals surface area (Å²) in [6.45, 7) is 1.69. The highest BCUT2D eigenvalue weighted by Gasteiger charge is 2.11. The molecule has 0 spiro atoms.